The SMILES string of the molecule is CCCN1C(=O)N[C@@](C)(c2ccc(F)cc2F)C1=O. The molecule has 19 heavy (non-hydrogen) atoms. The van der Waals surface area contributed by atoms with Crippen molar-refractivity contribution in [2.75, 3.05) is 6.54 Å². The second-order valence-electron chi connectivity index (χ2n) is 4.64. The van der Waals surface area contributed by atoms with Crippen LogP contribution in [0.25, 0.3) is 0 Å². The second kappa shape index (κ2) is 4.60. The van der Waals surface area contributed by atoms with E-state index in [4.69, 9.17) is 0 Å². The molecule has 1 heterocycles. The van der Waals surface area contributed by atoms with Gasteiger partial charge in [0.2, 0.25) is 0 Å². The molecule has 1 aromatic rings. The highest BCUT2D eigenvalue weighted by molar-refractivity contribution is 6.07. The molecule has 0 bridgehead atoms. The molecule has 0 aromatic heterocycles. The van der Waals surface area contributed by atoms with E-state index in [1.54, 1.807) is 0 Å². The van der Waals surface area contributed by atoms with E-state index in [0.717, 1.165) is 11.0 Å². The molecule has 1 saturated heterocycles. The Morgan fingerprint density at radius 1 is 1.32 bits per heavy atom. The van der Waals surface area contributed by atoms with Gasteiger partial charge in [-0.1, -0.05) is 13.0 Å². The van der Waals surface area contributed by atoms with Crippen molar-refractivity contribution in [2.45, 2.75) is 25.8 Å². The van der Waals surface area contributed by atoms with Gasteiger partial charge in [0, 0.05) is 18.2 Å². The number of imide groups is 1. The molecule has 1 aromatic carbocycles. The summed E-state index contributed by atoms with van der Waals surface area (Å²) in [6.07, 6.45) is 0.612. The smallest absolute Gasteiger partial charge is 0.319 e. The second-order valence-corrected chi connectivity index (χ2v) is 4.64. The zero-order valence-corrected chi connectivity index (χ0v) is 10.7. The number of carbonyl (C=O) groups is 2. The van der Waals surface area contributed by atoms with E-state index >= 15 is 0 Å². The Hall–Kier alpha value is -1.98. The van der Waals surface area contributed by atoms with Crippen LogP contribution in [0.2, 0.25) is 0 Å². The fraction of sp³-hybridized carbons (Fsp3) is 0.385. The Bertz CT molecular complexity index is 547. The third kappa shape index (κ3) is 2.07. The third-order valence-electron chi connectivity index (χ3n) is 3.19. The first-order valence-electron chi connectivity index (χ1n) is 5.99. The average molecular weight is 268 g/mol. The van der Waals surface area contributed by atoms with E-state index in [-0.39, 0.29) is 12.1 Å². The molecule has 2 rings (SSSR count). The minimum Gasteiger partial charge on any atom is -0.319 e. The summed E-state index contributed by atoms with van der Waals surface area (Å²) in [5, 5.41) is 2.47. The van der Waals surface area contributed by atoms with Gasteiger partial charge < -0.3 is 5.32 Å². The molecule has 0 radical (unpaired) electrons. The number of urea groups is 1. The number of nitrogens with zero attached hydrogens (tertiary/aromatic N) is 1. The standard InChI is InChI=1S/C13H14F2N2O2/c1-3-6-17-11(18)13(2,16-12(17)19)9-5-4-8(14)7-10(9)15/h4-5,7H,3,6H2,1-2H3,(H,16,19)/t13-/m0/s1. The molecule has 4 nitrogen and oxygen atoms in total. The minimum atomic E-state index is -1.48. The molecule has 3 amide bonds. The lowest BCUT2D eigenvalue weighted by atomic mass is 9.91. The van der Waals surface area contributed by atoms with E-state index < -0.39 is 29.1 Å². The van der Waals surface area contributed by atoms with Crippen LogP contribution in [0.4, 0.5) is 13.6 Å². The Balaban J connectivity index is 2.43. The normalized spacial score (nSPS) is 22.8. The molecular weight excluding hydrogens is 254 g/mol. The Morgan fingerprint density at radius 3 is 2.58 bits per heavy atom. The van der Waals surface area contributed by atoms with Crippen LogP contribution < -0.4 is 5.32 Å². The molecule has 6 heteroatoms. The molecule has 1 fully saturated rings. The van der Waals surface area contributed by atoms with Crippen molar-refractivity contribution in [1.29, 1.82) is 0 Å². The van der Waals surface area contributed by atoms with Crippen LogP contribution in [0.5, 0.6) is 0 Å². The first kappa shape index (κ1) is 13.5. The van der Waals surface area contributed by atoms with Gasteiger partial charge in [0.1, 0.15) is 17.2 Å². The predicted molar refractivity (Wildman–Crippen MR) is 64.2 cm³/mol. The summed E-state index contributed by atoms with van der Waals surface area (Å²) in [7, 11) is 0. The van der Waals surface area contributed by atoms with Gasteiger partial charge in [0.05, 0.1) is 0 Å². The Kier molecular flexibility index (Phi) is 3.26. The largest absolute Gasteiger partial charge is 0.325 e. The van der Waals surface area contributed by atoms with Crippen LogP contribution in [-0.2, 0) is 10.3 Å². The number of carbonyl (C=O) groups excluding carboxylic acids is 2. The molecule has 1 aliphatic heterocycles. The highest BCUT2D eigenvalue weighted by Gasteiger charge is 2.49. The maximum Gasteiger partial charge on any atom is 0.325 e. The summed E-state index contributed by atoms with van der Waals surface area (Å²) in [5.74, 6) is -2.11. The summed E-state index contributed by atoms with van der Waals surface area (Å²) < 4.78 is 26.7. The van der Waals surface area contributed by atoms with Gasteiger partial charge in [-0.2, -0.15) is 0 Å². The first-order chi connectivity index (χ1) is 8.90. The molecule has 0 saturated carbocycles. The molecule has 102 valence electrons. The molecule has 1 aliphatic rings. The lowest BCUT2D eigenvalue weighted by molar-refractivity contribution is -0.131. The van der Waals surface area contributed by atoms with E-state index in [0.29, 0.717) is 12.5 Å². The third-order valence-corrected chi connectivity index (χ3v) is 3.19. The van der Waals surface area contributed by atoms with Gasteiger partial charge in [-0.15, -0.1) is 0 Å². The number of benzene rings is 1. The lowest BCUT2D eigenvalue weighted by Gasteiger charge is -2.22. The van der Waals surface area contributed by atoms with Gasteiger partial charge in [-0.25, -0.2) is 13.6 Å². The summed E-state index contributed by atoms with van der Waals surface area (Å²) in [6, 6.07) is 2.38. The van der Waals surface area contributed by atoms with Gasteiger partial charge >= 0.3 is 6.03 Å². The van der Waals surface area contributed by atoms with Gasteiger partial charge in [0.25, 0.3) is 5.91 Å². The van der Waals surface area contributed by atoms with Crippen molar-refractivity contribution < 1.29 is 18.4 Å². The maximum atomic E-state index is 13.8. The number of amides is 3. The van der Waals surface area contributed by atoms with Crippen molar-refractivity contribution in [2.24, 2.45) is 0 Å². The zero-order chi connectivity index (χ0) is 14.2. The number of hydrogen-bond acceptors (Lipinski definition) is 2. The van der Waals surface area contributed by atoms with Crippen LogP contribution in [0.15, 0.2) is 18.2 Å². The molecule has 0 aliphatic carbocycles. The topological polar surface area (TPSA) is 49.4 Å². The van der Waals surface area contributed by atoms with Crippen molar-refractivity contribution >= 4 is 11.9 Å². The van der Waals surface area contributed by atoms with Crippen LogP contribution in [0, 0.1) is 11.6 Å². The van der Waals surface area contributed by atoms with Crippen LogP contribution in [-0.4, -0.2) is 23.4 Å². The fourth-order valence-electron chi connectivity index (χ4n) is 2.20. The van der Waals surface area contributed by atoms with Gasteiger partial charge in [0.15, 0.2) is 0 Å². The Morgan fingerprint density at radius 2 is 2.00 bits per heavy atom. The quantitative estimate of drug-likeness (QED) is 0.854. The van der Waals surface area contributed by atoms with E-state index in [1.165, 1.54) is 13.0 Å². The van der Waals surface area contributed by atoms with Crippen molar-refractivity contribution in [3.05, 3.63) is 35.4 Å². The zero-order valence-electron chi connectivity index (χ0n) is 10.7. The van der Waals surface area contributed by atoms with Crippen LogP contribution in [0.3, 0.4) is 0 Å². The summed E-state index contributed by atoms with van der Waals surface area (Å²) in [4.78, 5) is 25.0. The number of hydrogen-bond donors (Lipinski definition) is 1. The predicted octanol–water partition coefficient (Wildman–Crippen LogP) is 2.14. The lowest BCUT2D eigenvalue weighted by Crippen LogP contribution is -2.41. The summed E-state index contributed by atoms with van der Waals surface area (Å²) in [5.41, 5.74) is -1.52. The molecule has 1 N–H and O–H groups in total. The number of rotatable bonds is 3. The monoisotopic (exact) mass is 268 g/mol. The van der Waals surface area contributed by atoms with Crippen molar-refractivity contribution in [3.63, 3.8) is 0 Å². The summed E-state index contributed by atoms with van der Waals surface area (Å²) in [6.45, 7) is 3.51. The van der Waals surface area contributed by atoms with E-state index in [1.807, 2.05) is 6.92 Å². The molecular formula is C13H14F2N2O2. The highest BCUT2D eigenvalue weighted by atomic mass is 19.1. The first-order valence-corrected chi connectivity index (χ1v) is 5.99. The van der Waals surface area contributed by atoms with Crippen LogP contribution in [0.1, 0.15) is 25.8 Å². The molecule has 0 unspecified atom stereocenters. The highest BCUT2D eigenvalue weighted by Crippen LogP contribution is 2.30. The van der Waals surface area contributed by atoms with Gasteiger partial charge in [-0.3, -0.25) is 9.69 Å². The number of nitrogens with one attached hydrogen (secondary N) is 1. The minimum absolute atomic E-state index is 0.0362. The fourth-order valence-corrected chi connectivity index (χ4v) is 2.20. The number of halogens is 2. The molecule has 1 atom stereocenters. The maximum absolute atomic E-state index is 13.8. The van der Waals surface area contributed by atoms with Crippen molar-refractivity contribution in [3.8, 4) is 0 Å². The van der Waals surface area contributed by atoms with Crippen LogP contribution >= 0.6 is 0 Å². The summed E-state index contributed by atoms with van der Waals surface area (Å²) >= 11 is 0. The average Bonchev–Trinajstić information content (AvgIpc) is 2.54. The Labute approximate surface area is 109 Å². The van der Waals surface area contributed by atoms with E-state index in [9.17, 15) is 18.4 Å². The van der Waals surface area contributed by atoms with Gasteiger partial charge in [-0.05, 0) is 19.4 Å². The van der Waals surface area contributed by atoms with Crippen molar-refractivity contribution in [1.82, 2.24) is 10.2 Å². The van der Waals surface area contributed by atoms with E-state index in [2.05, 4.69) is 5.32 Å². The molecule has 0 spiro atoms.